The second-order valence-electron chi connectivity index (χ2n) is 2.14. The summed E-state index contributed by atoms with van der Waals surface area (Å²) in [5, 5.41) is 27.9. The van der Waals surface area contributed by atoms with Gasteiger partial charge in [-0.25, -0.2) is 14.7 Å². The highest BCUT2D eigenvalue weighted by Gasteiger charge is 2.27. The second kappa shape index (κ2) is 2.59. The first-order chi connectivity index (χ1) is 5.47. The first-order valence-corrected chi connectivity index (χ1v) is 2.95. The monoisotopic (exact) mass is 177 g/mol. The van der Waals surface area contributed by atoms with E-state index in [2.05, 4.69) is 0 Å². The van der Waals surface area contributed by atoms with Crippen LogP contribution in [0.4, 0.5) is 0 Å². The first kappa shape index (κ1) is 8.71. The standard InChI is InChI=1S/C4H7N3O5/c8-1-4(11,12)7-3(10)5-2(9)6-7/h8,11-12H,1H2,(H2,5,6,9,10). The molecule has 0 unspecified atom stereocenters. The molecule has 0 aliphatic carbocycles. The van der Waals surface area contributed by atoms with E-state index in [-0.39, 0.29) is 4.68 Å². The molecule has 0 spiro atoms. The number of rotatable bonds is 2. The molecule has 1 heterocycles. The van der Waals surface area contributed by atoms with Crippen molar-refractivity contribution in [2.24, 2.45) is 0 Å². The summed E-state index contributed by atoms with van der Waals surface area (Å²) in [5.74, 6) is -2.78. The quantitative estimate of drug-likeness (QED) is 0.298. The fraction of sp³-hybridized carbons (Fsp3) is 0.500. The van der Waals surface area contributed by atoms with E-state index in [0.717, 1.165) is 0 Å². The molecule has 0 aliphatic rings. The average molecular weight is 177 g/mol. The minimum Gasteiger partial charge on any atom is -0.389 e. The van der Waals surface area contributed by atoms with Gasteiger partial charge in [0.1, 0.15) is 6.61 Å². The Morgan fingerprint density at radius 1 is 1.42 bits per heavy atom. The average Bonchev–Trinajstić information content (AvgIpc) is 2.31. The molecule has 5 N–H and O–H groups in total. The van der Waals surface area contributed by atoms with Crippen LogP contribution in [0, 0.1) is 0 Å². The Labute approximate surface area is 64.7 Å². The molecular formula is C4H7N3O5. The van der Waals surface area contributed by atoms with E-state index in [1.54, 1.807) is 10.1 Å². The lowest BCUT2D eigenvalue weighted by molar-refractivity contribution is -0.259. The van der Waals surface area contributed by atoms with Gasteiger partial charge in [0.25, 0.3) is 5.91 Å². The van der Waals surface area contributed by atoms with Crippen LogP contribution in [0.1, 0.15) is 0 Å². The van der Waals surface area contributed by atoms with Crippen molar-refractivity contribution < 1.29 is 15.3 Å². The first-order valence-electron chi connectivity index (χ1n) is 2.95. The van der Waals surface area contributed by atoms with E-state index in [9.17, 15) is 9.59 Å². The molecule has 0 atom stereocenters. The topological polar surface area (TPSA) is 131 Å². The summed E-state index contributed by atoms with van der Waals surface area (Å²) in [6.45, 7) is -1.11. The van der Waals surface area contributed by atoms with Crippen molar-refractivity contribution in [2.45, 2.75) is 5.91 Å². The van der Waals surface area contributed by atoms with Gasteiger partial charge in [-0.05, 0) is 0 Å². The number of aromatic nitrogens is 3. The Morgan fingerprint density at radius 2 is 2.00 bits per heavy atom. The van der Waals surface area contributed by atoms with E-state index in [1.807, 2.05) is 0 Å². The van der Waals surface area contributed by atoms with Gasteiger partial charge >= 0.3 is 11.4 Å². The maximum Gasteiger partial charge on any atom is 0.349 e. The van der Waals surface area contributed by atoms with Gasteiger partial charge < -0.3 is 15.3 Å². The van der Waals surface area contributed by atoms with Gasteiger partial charge in [0.05, 0.1) is 0 Å². The molecule has 8 heteroatoms. The number of H-pyrrole nitrogens is 2. The number of hydrogen-bond acceptors (Lipinski definition) is 5. The number of aliphatic hydroxyl groups excluding tert-OH is 1. The van der Waals surface area contributed by atoms with Gasteiger partial charge in [-0.15, -0.1) is 0 Å². The lowest BCUT2D eigenvalue weighted by Crippen LogP contribution is -2.44. The maximum absolute atomic E-state index is 10.7. The van der Waals surface area contributed by atoms with E-state index in [4.69, 9.17) is 15.3 Å². The molecule has 12 heavy (non-hydrogen) atoms. The molecule has 1 aromatic rings. The minimum absolute atomic E-state index is 0.176. The van der Waals surface area contributed by atoms with Gasteiger partial charge in [-0.3, -0.25) is 4.98 Å². The summed E-state index contributed by atoms with van der Waals surface area (Å²) >= 11 is 0. The Balaban J connectivity index is 3.28. The molecule has 0 aliphatic heterocycles. The van der Waals surface area contributed by atoms with Crippen molar-refractivity contribution in [1.29, 1.82) is 0 Å². The van der Waals surface area contributed by atoms with E-state index in [1.165, 1.54) is 0 Å². The third-order valence-corrected chi connectivity index (χ3v) is 1.21. The lowest BCUT2D eigenvalue weighted by atomic mass is 10.5. The molecule has 0 aromatic carbocycles. The van der Waals surface area contributed by atoms with Crippen LogP contribution in [-0.2, 0) is 5.91 Å². The highest BCUT2D eigenvalue weighted by Crippen LogP contribution is 1.98. The van der Waals surface area contributed by atoms with Gasteiger partial charge in [0.2, 0.25) is 0 Å². The smallest absolute Gasteiger partial charge is 0.349 e. The van der Waals surface area contributed by atoms with Crippen LogP contribution >= 0.6 is 0 Å². The van der Waals surface area contributed by atoms with Crippen LogP contribution in [0.5, 0.6) is 0 Å². The third kappa shape index (κ3) is 1.30. The van der Waals surface area contributed by atoms with Crippen LogP contribution in [0.15, 0.2) is 9.59 Å². The minimum atomic E-state index is -2.78. The summed E-state index contributed by atoms with van der Waals surface area (Å²) in [6, 6.07) is 0. The van der Waals surface area contributed by atoms with Crippen molar-refractivity contribution in [2.75, 3.05) is 6.61 Å². The Bertz CT molecular complexity index is 371. The summed E-state index contributed by atoms with van der Waals surface area (Å²) in [4.78, 5) is 22.8. The van der Waals surface area contributed by atoms with Crippen molar-refractivity contribution in [3.8, 4) is 0 Å². The fourth-order valence-electron chi connectivity index (χ4n) is 0.656. The molecule has 0 radical (unpaired) electrons. The van der Waals surface area contributed by atoms with Gasteiger partial charge in [-0.1, -0.05) is 0 Å². The maximum atomic E-state index is 10.7. The van der Waals surface area contributed by atoms with Crippen LogP contribution < -0.4 is 11.4 Å². The van der Waals surface area contributed by atoms with Crippen molar-refractivity contribution >= 4 is 0 Å². The summed E-state index contributed by atoms with van der Waals surface area (Å²) in [5.41, 5.74) is -1.93. The third-order valence-electron chi connectivity index (χ3n) is 1.21. The Morgan fingerprint density at radius 3 is 2.33 bits per heavy atom. The predicted octanol–water partition coefficient (Wildman–Crippen LogP) is -3.55. The lowest BCUT2D eigenvalue weighted by Gasteiger charge is -2.17. The van der Waals surface area contributed by atoms with Crippen molar-refractivity contribution in [1.82, 2.24) is 14.8 Å². The molecule has 0 fully saturated rings. The Hall–Kier alpha value is -1.38. The summed E-state index contributed by atoms with van der Waals surface area (Å²) in [7, 11) is 0. The van der Waals surface area contributed by atoms with E-state index >= 15 is 0 Å². The molecule has 1 rings (SSSR count). The van der Waals surface area contributed by atoms with E-state index in [0.29, 0.717) is 0 Å². The highest BCUT2D eigenvalue weighted by atomic mass is 16.5. The summed E-state index contributed by atoms with van der Waals surface area (Å²) in [6.07, 6.45) is 0. The normalized spacial score (nSPS) is 11.9. The molecule has 0 bridgehead atoms. The SMILES string of the molecule is O=c1[nH]c(=O)n(C(O)(O)CO)[nH]1. The summed E-state index contributed by atoms with van der Waals surface area (Å²) < 4.78 is 0.176. The second-order valence-corrected chi connectivity index (χ2v) is 2.14. The largest absolute Gasteiger partial charge is 0.389 e. The Kier molecular flexibility index (Phi) is 1.88. The zero-order chi connectivity index (χ0) is 9.35. The fourth-order valence-corrected chi connectivity index (χ4v) is 0.656. The molecule has 0 saturated carbocycles. The molecule has 0 saturated heterocycles. The zero-order valence-electron chi connectivity index (χ0n) is 5.81. The van der Waals surface area contributed by atoms with Crippen LogP contribution in [-0.4, -0.2) is 36.7 Å². The van der Waals surface area contributed by atoms with Gasteiger partial charge in [0.15, 0.2) is 0 Å². The number of nitrogens with zero attached hydrogens (tertiary/aromatic N) is 1. The number of aliphatic hydroxyl groups is 3. The highest BCUT2D eigenvalue weighted by molar-refractivity contribution is 4.67. The van der Waals surface area contributed by atoms with Crippen LogP contribution in [0.2, 0.25) is 0 Å². The molecule has 0 amide bonds. The van der Waals surface area contributed by atoms with Crippen LogP contribution in [0.3, 0.4) is 0 Å². The number of aromatic amines is 2. The zero-order valence-corrected chi connectivity index (χ0v) is 5.81. The van der Waals surface area contributed by atoms with Crippen molar-refractivity contribution in [3.63, 3.8) is 0 Å². The van der Waals surface area contributed by atoms with Gasteiger partial charge in [-0.2, -0.15) is 4.68 Å². The molecular weight excluding hydrogens is 170 g/mol. The predicted molar refractivity (Wildman–Crippen MR) is 35.2 cm³/mol. The van der Waals surface area contributed by atoms with Gasteiger partial charge in [0, 0.05) is 0 Å². The molecule has 1 aromatic heterocycles. The van der Waals surface area contributed by atoms with Crippen molar-refractivity contribution in [3.05, 3.63) is 21.0 Å². The van der Waals surface area contributed by atoms with E-state index < -0.39 is 23.9 Å². The number of hydrogen-bond donors (Lipinski definition) is 5. The number of nitrogens with one attached hydrogen (secondary N) is 2. The molecule has 8 nitrogen and oxygen atoms in total. The molecule has 68 valence electrons. The van der Waals surface area contributed by atoms with Crippen LogP contribution in [0.25, 0.3) is 0 Å².